The molecule has 0 bridgehead atoms. The summed E-state index contributed by atoms with van der Waals surface area (Å²) < 4.78 is 13.5. The van der Waals surface area contributed by atoms with E-state index in [1.807, 2.05) is 0 Å². The summed E-state index contributed by atoms with van der Waals surface area (Å²) in [6.45, 7) is -0.986. The lowest BCUT2D eigenvalue weighted by atomic mass is 9.96. The number of aromatic amines is 1. The number of nitrogens with two attached hydrogens (primary N) is 1. The number of carbonyl (C=O) groups is 3. The van der Waals surface area contributed by atoms with Crippen molar-refractivity contribution in [3.63, 3.8) is 0 Å². The molecular formula is C14H14FN9O5S. The van der Waals surface area contributed by atoms with Gasteiger partial charge >= 0.3 is 5.97 Å². The summed E-state index contributed by atoms with van der Waals surface area (Å²) in [4.78, 5) is 46.4. The summed E-state index contributed by atoms with van der Waals surface area (Å²) in [5, 5.41) is 29.5. The zero-order valence-corrected chi connectivity index (χ0v) is 15.8. The number of rotatable bonds is 8. The fourth-order valence-corrected chi connectivity index (χ4v) is 3.32. The Morgan fingerprint density at radius 3 is 2.83 bits per heavy atom. The number of carbonyl (C=O) groups excluding carboxylic acids is 2. The molecule has 2 unspecified atom stereocenters. The van der Waals surface area contributed by atoms with E-state index in [4.69, 9.17) is 10.6 Å². The van der Waals surface area contributed by atoms with Crippen LogP contribution in [-0.2, 0) is 19.2 Å². The number of oxime groups is 1. The molecule has 2 aromatic rings. The lowest BCUT2D eigenvalue weighted by molar-refractivity contribution is -0.153. The number of nitrogens with zero attached hydrogens (tertiary/aromatic N) is 6. The first-order valence-corrected chi connectivity index (χ1v) is 9.38. The SMILES string of the molecule is Nc1nc(C(=NOC2(C(=O)O)CC2)C(=O)NC2C(=O)N(c3nn[nH]n3)C2CF)cs1. The molecule has 2 aromatic heterocycles. The zero-order valence-electron chi connectivity index (χ0n) is 15.0. The highest BCUT2D eigenvalue weighted by Crippen LogP contribution is 2.40. The largest absolute Gasteiger partial charge is 0.478 e. The van der Waals surface area contributed by atoms with Gasteiger partial charge in [0, 0.05) is 18.2 Å². The van der Waals surface area contributed by atoms with Crippen LogP contribution in [-0.4, -0.2) is 78.6 Å². The average Bonchev–Trinajstić information content (AvgIpc) is 3.10. The van der Waals surface area contributed by atoms with Gasteiger partial charge in [0.05, 0.1) is 6.04 Å². The lowest BCUT2D eigenvalue weighted by Crippen LogP contribution is -2.72. The molecule has 2 atom stereocenters. The van der Waals surface area contributed by atoms with Crippen LogP contribution in [0.25, 0.3) is 0 Å². The predicted molar refractivity (Wildman–Crippen MR) is 97.1 cm³/mol. The van der Waals surface area contributed by atoms with Crippen LogP contribution in [0.2, 0.25) is 0 Å². The highest BCUT2D eigenvalue weighted by atomic mass is 32.1. The number of tetrazole rings is 1. The van der Waals surface area contributed by atoms with Crippen molar-refractivity contribution in [2.75, 3.05) is 17.3 Å². The van der Waals surface area contributed by atoms with Crippen molar-refractivity contribution in [2.24, 2.45) is 5.16 Å². The molecule has 1 aliphatic heterocycles. The molecule has 16 heteroatoms. The van der Waals surface area contributed by atoms with Crippen LogP contribution >= 0.6 is 11.3 Å². The first kappa shape index (κ1) is 19.6. The number of alkyl halides is 1. The highest BCUT2D eigenvalue weighted by molar-refractivity contribution is 7.13. The Labute approximate surface area is 170 Å². The minimum atomic E-state index is -1.50. The molecule has 0 radical (unpaired) electrons. The molecule has 2 fully saturated rings. The lowest BCUT2D eigenvalue weighted by Gasteiger charge is -2.43. The number of carboxylic acid groups (broad SMARTS) is 1. The van der Waals surface area contributed by atoms with E-state index in [1.165, 1.54) is 5.38 Å². The van der Waals surface area contributed by atoms with Gasteiger partial charge in [0.1, 0.15) is 18.4 Å². The number of amides is 2. The van der Waals surface area contributed by atoms with Crippen LogP contribution in [0.5, 0.6) is 0 Å². The number of halogens is 1. The number of nitrogens with one attached hydrogen (secondary N) is 2. The number of β-lactam (4-membered cyclic amide) rings is 1. The molecule has 5 N–H and O–H groups in total. The second-order valence-corrected chi connectivity index (χ2v) is 7.38. The molecule has 1 saturated carbocycles. The summed E-state index contributed by atoms with van der Waals surface area (Å²) in [5.74, 6) is -2.92. The van der Waals surface area contributed by atoms with E-state index in [0.29, 0.717) is 0 Å². The van der Waals surface area contributed by atoms with Gasteiger partial charge in [-0.05, 0) is 5.21 Å². The second kappa shape index (κ2) is 7.29. The van der Waals surface area contributed by atoms with Gasteiger partial charge in [0.25, 0.3) is 17.8 Å². The fraction of sp³-hybridized carbons (Fsp3) is 0.429. The number of carboxylic acids is 1. The zero-order chi connectivity index (χ0) is 21.5. The molecule has 2 amide bonds. The maximum absolute atomic E-state index is 13.5. The molecule has 0 aromatic carbocycles. The first-order chi connectivity index (χ1) is 14.4. The number of aromatic nitrogens is 5. The Morgan fingerprint density at radius 1 is 1.53 bits per heavy atom. The number of thiazole rings is 1. The summed E-state index contributed by atoms with van der Waals surface area (Å²) >= 11 is 1.02. The van der Waals surface area contributed by atoms with Crippen molar-refractivity contribution in [1.29, 1.82) is 0 Å². The molecule has 158 valence electrons. The van der Waals surface area contributed by atoms with E-state index in [1.54, 1.807) is 0 Å². The maximum atomic E-state index is 13.5. The van der Waals surface area contributed by atoms with Crippen molar-refractivity contribution in [3.05, 3.63) is 11.1 Å². The maximum Gasteiger partial charge on any atom is 0.350 e. The topological polar surface area (TPSA) is 202 Å². The van der Waals surface area contributed by atoms with E-state index in [-0.39, 0.29) is 35.3 Å². The van der Waals surface area contributed by atoms with Crippen molar-refractivity contribution >= 4 is 45.9 Å². The smallest absolute Gasteiger partial charge is 0.350 e. The van der Waals surface area contributed by atoms with Gasteiger partial charge < -0.3 is 21.0 Å². The summed E-state index contributed by atoms with van der Waals surface area (Å²) in [6.07, 6.45) is 0.454. The van der Waals surface area contributed by atoms with E-state index in [9.17, 15) is 23.9 Å². The average molecular weight is 439 g/mol. The van der Waals surface area contributed by atoms with Crippen LogP contribution in [0.1, 0.15) is 18.5 Å². The van der Waals surface area contributed by atoms with Gasteiger partial charge in [-0.2, -0.15) is 5.21 Å². The third-order valence-electron chi connectivity index (χ3n) is 4.60. The molecule has 30 heavy (non-hydrogen) atoms. The summed E-state index contributed by atoms with van der Waals surface area (Å²) in [6, 6.07) is -2.29. The molecule has 14 nitrogen and oxygen atoms in total. The molecule has 2 aliphatic rings. The third kappa shape index (κ3) is 3.30. The van der Waals surface area contributed by atoms with E-state index in [0.717, 1.165) is 16.2 Å². The van der Waals surface area contributed by atoms with Gasteiger partial charge in [-0.3, -0.25) is 14.5 Å². The van der Waals surface area contributed by atoms with Gasteiger partial charge in [-0.15, -0.1) is 16.4 Å². The Balaban J connectivity index is 1.54. The number of hydrogen-bond acceptors (Lipinski definition) is 11. The van der Waals surface area contributed by atoms with Crippen LogP contribution in [0.4, 0.5) is 15.5 Å². The van der Waals surface area contributed by atoms with Crippen LogP contribution in [0.15, 0.2) is 10.5 Å². The normalized spacial score (nSPS) is 22.4. The summed E-state index contributed by atoms with van der Waals surface area (Å²) in [7, 11) is 0. The van der Waals surface area contributed by atoms with Crippen molar-refractivity contribution in [1.82, 2.24) is 30.9 Å². The van der Waals surface area contributed by atoms with Crippen molar-refractivity contribution in [3.8, 4) is 0 Å². The minimum Gasteiger partial charge on any atom is -0.478 e. The predicted octanol–water partition coefficient (Wildman–Crippen LogP) is -1.55. The quantitative estimate of drug-likeness (QED) is 0.212. The van der Waals surface area contributed by atoms with Gasteiger partial charge in [0.2, 0.25) is 5.60 Å². The molecule has 1 saturated heterocycles. The van der Waals surface area contributed by atoms with E-state index >= 15 is 0 Å². The standard InChI is InChI=1S/C14H14FN9O5S/c15-3-6-8(10(26)24(6)13-19-22-23-20-13)18-9(25)7(5-4-30-12(16)17-5)21-29-14(1-2-14)11(27)28/h4,6,8H,1-3H2,(H2,16,17)(H,18,25)(H,27,28)(H,19,20,22,23). The number of aliphatic carboxylic acids is 1. The van der Waals surface area contributed by atoms with E-state index < -0.39 is 42.1 Å². The van der Waals surface area contributed by atoms with Gasteiger partial charge in [-0.1, -0.05) is 10.3 Å². The number of anilines is 2. The Kier molecular flexibility index (Phi) is 4.76. The number of H-pyrrole nitrogens is 1. The number of nitrogen functional groups attached to an aromatic ring is 1. The Hall–Kier alpha value is -3.69. The van der Waals surface area contributed by atoms with E-state index in [2.05, 4.69) is 36.1 Å². The van der Waals surface area contributed by atoms with Crippen molar-refractivity contribution in [2.45, 2.75) is 30.5 Å². The van der Waals surface area contributed by atoms with Crippen LogP contribution in [0.3, 0.4) is 0 Å². The molecule has 4 rings (SSSR count). The van der Waals surface area contributed by atoms with Crippen LogP contribution in [0, 0.1) is 0 Å². The minimum absolute atomic E-state index is 0.0229. The van der Waals surface area contributed by atoms with Gasteiger partial charge in [0.15, 0.2) is 10.8 Å². The fourth-order valence-electron chi connectivity index (χ4n) is 2.77. The first-order valence-electron chi connectivity index (χ1n) is 8.50. The summed E-state index contributed by atoms with van der Waals surface area (Å²) in [5.41, 5.74) is 3.72. The molecule has 0 spiro atoms. The third-order valence-corrected chi connectivity index (χ3v) is 5.27. The monoisotopic (exact) mass is 439 g/mol. The van der Waals surface area contributed by atoms with Gasteiger partial charge in [-0.25, -0.2) is 14.2 Å². The Morgan fingerprint density at radius 2 is 2.30 bits per heavy atom. The molecule has 3 heterocycles. The molecular weight excluding hydrogens is 425 g/mol. The highest BCUT2D eigenvalue weighted by Gasteiger charge is 2.55. The second-order valence-electron chi connectivity index (χ2n) is 6.49. The van der Waals surface area contributed by atoms with Crippen LogP contribution < -0.4 is 16.0 Å². The number of hydrogen-bond donors (Lipinski definition) is 4. The van der Waals surface area contributed by atoms with Crippen molar-refractivity contribution < 1.29 is 28.7 Å². The Bertz CT molecular complexity index is 1020. The molecule has 1 aliphatic carbocycles.